The maximum absolute atomic E-state index is 12.2. The third-order valence-corrected chi connectivity index (χ3v) is 4.83. The average Bonchev–Trinajstić information content (AvgIpc) is 2.42. The van der Waals surface area contributed by atoms with Crippen LogP contribution in [0.25, 0.3) is 0 Å². The van der Waals surface area contributed by atoms with Crippen molar-refractivity contribution in [3.8, 4) is 0 Å². The maximum atomic E-state index is 12.2. The molecule has 0 spiro atoms. The van der Waals surface area contributed by atoms with Crippen LogP contribution in [0.15, 0.2) is 33.6 Å². The first kappa shape index (κ1) is 18.1. The van der Waals surface area contributed by atoms with Crippen molar-refractivity contribution in [1.82, 2.24) is 4.72 Å². The SMILES string of the molecule is COC(=O)C(CNS(=O)(=O)c1cccc(Br)c1)CC(C)C. The van der Waals surface area contributed by atoms with Gasteiger partial charge in [0, 0.05) is 11.0 Å². The first-order valence-electron chi connectivity index (χ1n) is 6.59. The number of ether oxygens (including phenoxy) is 1. The smallest absolute Gasteiger partial charge is 0.309 e. The van der Waals surface area contributed by atoms with Gasteiger partial charge in [0.15, 0.2) is 0 Å². The number of nitrogens with one attached hydrogen (secondary N) is 1. The molecule has 0 heterocycles. The first-order chi connectivity index (χ1) is 9.76. The molecule has 0 saturated carbocycles. The van der Waals surface area contributed by atoms with Crippen molar-refractivity contribution in [2.45, 2.75) is 25.2 Å². The van der Waals surface area contributed by atoms with Crippen LogP contribution in [0.2, 0.25) is 0 Å². The van der Waals surface area contributed by atoms with Crippen molar-refractivity contribution < 1.29 is 17.9 Å². The number of hydrogen-bond acceptors (Lipinski definition) is 4. The Hall–Kier alpha value is -0.920. The zero-order chi connectivity index (χ0) is 16.0. The summed E-state index contributed by atoms with van der Waals surface area (Å²) in [6.45, 7) is 3.97. The van der Waals surface area contributed by atoms with E-state index < -0.39 is 21.9 Å². The maximum Gasteiger partial charge on any atom is 0.309 e. The number of benzene rings is 1. The lowest BCUT2D eigenvalue weighted by atomic mass is 9.97. The lowest BCUT2D eigenvalue weighted by Crippen LogP contribution is -2.34. The standard InChI is InChI=1S/C14H20BrNO4S/c1-10(2)7-11(14(17)20-3)9-16-21(18,19)13-6-4-5-12(15)8-13/h4-6,8,10-11,16H,7,9H2,1-3H3. The van der Waals surface area contributed by atoms with Crippen LogP contribution in [0, 0.1) is 11.8 Å². The number of carbonyl (C=O) groups is 1. The van der Waals surface area contributed by atoms with E-state index in [1.165, 1.54) is 19.2 Å². The highest BCUT2D eigenvalue weighted by molar-refractivity contribution is 9.10. The molecule has 21 heavy (non-hydrogen) atoms. The van der Waals surface area contributed by atoms with Gasteiger partial charge < -0.3 is 4.74 Å². The molecule has 118 valence electrons. The molecule has 1 unspecified atom stereocenters. The normalized spacial score (nSPS) is 13.2. The van der Waals surface area contributed by atoms with Gasteiger partial charge in [-0.2, -0.15) is 0 Å². The molecule has 0 aromatic heterocycles. The molecule has 1 rings (SSSR count). The Morgan fingerprint density at radius 3 is 2.57 bits per heavy atom. The average molecular weight is 378 g/mol. The third kappa shape index (κ3) is 5.76. The van der Waals surface area contributed by atoms with E-state index in [0.717, 1.165) is 0 Å². The summed E-state index contributed by atoms with van der Waals surface area (Å²) in [6, 6.07) is 6.40. The molecule has 1 atom stereocenters. The van der Waals surface area contributed by atoms with Crippen molar-refractivity contribution in [3.63, 3.8) is 0 Å². The van der Waals surface area contributed by atoms with Crippen LogP contribution in [0.5, 0.6) is 0 Å². The van der Waals surface area contributed by atoms with Gasteiger partial charge in [0.2, 0.25) is 10.0 Å². The Morgan fingerprint density at radius 1 is 1.38 bits per heavy atom. The van der Waals surface area contributed by atoms with Crippen LogP contribution >= 0.6 is 15.9 Å². The lowest BCUT2D eigenvalue weighted by molar-refractivity contribution is -0.145. The monoisotopic (exact) mass is 377 g/mol. The van der Waals surface area contributed by atoms with Crippen molar-refractivity contribution in [3.05, 3.63) is 28.7 Å². The van der Waals surface area contributed by atoms with Gasteiger partial charge in [-0.3, -0.25) is 4.79 Å². The Labute approximate surface area is 134 Å². The summed E-state index contributed by atoms with van der Waals surface area (Å²) < 4.78 is 32.3. The number of rotatable bonds is 7. The lowest BCUT2D eigenvalue weighted by Gasteiger charge is -2.17. The van der Waals surface area contributed by atoms with Crippen LogP contribution in [0.4, 0.5) is 0 Å². The predicted molar refractivity (Wildman–Crippen MR) is 84.3 cm³/mol. The van der Waals surface area contributed by atoms with E-state index in [1.807, 2.05) is 13.8 Å². The second-order valence-electron chi connectivity index (χ2n) is 5.16. The van der Waals surface area contributed by atoms with Gasteiger partial charge in [-0.1, -0.05) is 35.8 Å². The topological polar surface area (TPSA) is 72.5 Å². The van der Waals surface area contributed by atoms with Gasteiger partial charge in [-0.15, -0.1) is 0 Å². The van der Waals surface area contributed by atoms with Crippen LogP contribution in [-0.2, 0) is 19.6 Å². The Morgan fingerprint density at radius 2 is 2.05 bits per heavy atom. The quantitative estimate of drug-likeness (QED) is 0.741. The van der Waals surface area contributed by atoms with Gasteiger partial charge in [-0.25, -0.2) is 13.1 Å². The summed E-state index contributed by atoms with van der Waals surface area (Å²) in [7, 11) is -2.34. The number of methoxy groups -OCH3 is 1. The molecule has 7 heteroatoms. The van der Waals surface area contributed by atoms with E-state index >= 15 is 0 Å². The molecule has 0 aliphatic carbocycles. The van der Waals surface area contributed by atoms with E-state index in [4.69, 9.17) is 4.74 Å². The molecule has 0 aliphatic heterocycles. The van der Waals surface area contributed by atoms with Crippen LogP contribution in [0.3, 0.4) is 0 Å². The van der Waals surface area contributed by atoms with Crippen LogP contribution in [0.1, 0.15) is 20.3 Å². The van der Waals surface area contributed by atoms with Crippen molar-refractivity contribution >= 4 is 31.9 Å². The second-order valence-corrected chi connectivity index (χ2v) is 7.84. The fourth-order valence-corrected chi connectivity index (χ4v) is 3.60. The largest absolute Gasteiger partial charge is 0.469 e. The van der Waals surface area contributed by atoms with Gasteiger partial charge >= 0.3 is 5.97 Å². The highest BCUT2D eigenvalue weighted by atomic mass is 79.9. The molecular formula is C14H20BrNO4S. The fourth-order valence-electron chi connectivity index (χ4n) is 1.93. The summed E-state index contributed by atoms with van der Waals surface area (Å²) >= 11 is 3.24. The molecule has 0 aliphatic rings. The van der Waals surface area contributed by atoms with Crippen LogP contribution in [-0.4, -0.2) is 28.0 Å². The van der Waals surface area contributed by atoms with Gasteiger partial charge in [0.25, 0.3) is 0 Å². The first-order valence-corrected chi connectivity index (χ1v) is 8.87. The zero-order valence-corrected chi connectivity index (χ0v) is 14.7. The van der Waals surface area contributed by atoms with E-state index in [2.05, 4.69) is 20.7 Å². The molecule has 1 N–H and O–H groups in total. The fraction of sp³-hybridized carbons (Fsp3) is 0.500. The van der Waals surface area contributed by atoms with E-state index in [1.54, 1.807) is 12.1 Å². The van der Waals surface area contributed by atoms with Crippen molar-refractivity contribution in [2.75, 3.05) is 13.7 Å². The van der Waals surface area contributed by atoms with Gasteiger partial charge in [-0.05, 0) is 30.5 Å². The number of carbonyl (C=O) groups excluding carboxylic acids is 1. The molecule has 1 aromatic rings. The molecule has 1 aromatic carbocycles. The molecular weight excluding hydrogens is 358 g/mol. The summed E-state index contributed by atoms with van der Waals surface area (Å²) in [4.78, 5) is 11.8. The van der Waals surface area contributed by atoms with Crippen molar-refractivity contribution in [2.24, 2.45) is 11.8 Å². The van der Waals surface area contributed by atoms with Crippen LogP contribution < -0.4 is 4.72 Å². The summed E-state index contributed by atoms with van der Waals surface area (Å²) in [5.74, 6) is -0.623. The number of esters is 1. The Balaban J connectivity index is 2.81. The van der Waals surface area contributed by atoms with Gasteiger partial charge in [0.05, 0.1) is 17.9 Å². The minimum absolute atomic E-state index is 0.0275. The summed E-state index contributed by atoms with van der Waals surface area (Å²) in [6.07, 6.45) is 0.563. The highest BCUT2D eigenvalue weighted by Crippen LogP contribution is 2.17. The van der Waals surface area contributed by atoms with E-state index in [-0.39, 0.29) is 17.4 Å². The molecule has 0 amide bonds. The second kappa shape index (κ2) is 7.91. The molecule has 0 fully saturated rings. The zero-order valence-electron chi connectivity index (χ0n) is 12.3. The minimum atomic E-state index is -3.64. The predicted octanol–water partition coefficient (Wildman–Crippen LogP) is 2.56. The molecule has 0 bridgehead atoms. The van der Waals surface area contributed by atoms with Gasteiger partial charge in [0.1, 0.15) is 0 Å². The highest BCUT2D eigenvalue weighted by Gasteiger charge is 2.23. The minimum Gasteiger partial charge on any atom is -0.469 e. The molecule has 0 saturated heterocycles. The van der Waals surface area contributed by atoms with E-state index in [0.29, 0.717) is 10.9 Å². The third-order valence-electron chi connectivity index (χ3n) is 2.92. The number of sulfonamides is 1. The van der Waals surface area contributed by atoms with E-state index in [9.17, 15) is 13.2 Å². The van der Waals surface area contributed by atoms with Crippen molar-refractivity contribution in [1.29, 1.82) is 0 Å². The Kier molecular flexibility index (Phi) is 6.83. The summed E-state index contributed by atoms with van der Waals surface area (Å²) in [5, 5.41) is 0. The molecule has 0 radical (unpaired) electrons. The molecule has 5 nitrogen and oxygen atoms in total. The Bertz CT molecular complexity index is 586. The number of halogens is 1. The number of hydrogen-bond donors (Lipinski definition) is 1. The summed E-state index contributed by atoms with van der Waals surface area (Å²) in [5.41, 5.74) is 0.